The molecule has 0 radical (unpaired) electrons. The summed E-state index contributed by atoms with van der Waals surface area (Å²) in [6, 6.07) is 5.57. The van der Waals surface area contributed by atoms with Gasteiger partial charge in [0.15, 0.2) is 0 Å². The van der Waals surface area contributed by atoms with E-state index in [0.717, 1.165) is 5.69 Å². The van der Waals surface area contributed by atoms with Crippen molar-refractivity contribution in [2.45, 2.75) is 6.92 Å². The zero-order valence-electron chi connectivity index (χ0n) is 13.5. The smallest absolute Gasteiger partial charge is 0.265 e. The lowest BCUT2D eigenvalue weighted by Crippen LogP contribution is -2.50. The number of thiazole rings is 1. The van der Waals surface area contributed by atoms with Crippen LogP contribution < -0.4 is 0 Å². The third kappa shape index (κ3) is 3.47. The Balaban J connectivity index is 1.76. The molecule has 1 amide bonds. The van der Waals surface area contributed by atoms with Gasteiger partial charge in [-0.3, -0.25) is 9.78 Å². The summed E-state index contributed by atoms with van der Waals surface area (Å²) in [6.07, 6.45) is 2.88. The van der Waals surface area contributed by atoms with Gasteiger partial charge in [0.2, 0.25) is 10.0 Å². The van der Waals surface area contributed by atoms with Crippen LogP contribution in [0, 0.1) is 6.92 Å². The third-order valence-corrected chi connectivity index (χ3v) is 6.34. The number of amides is 1. The molecule has 0 aromatic carbocycles. The highest BCUT2D eigenvalue weighted by molar-refractivity contribution is 7.88. The van der Waals surface area contributed by atoms with E-state index in [9.17, 15) is 13.2 Å². The Bertz CT molecular complexity index is 841. The van der Waals surface area contributed by atoms with Crippen molar-refractivity contribution in [1.29, 1.82) is 0 Å². The molecule has 3 rings (SSSR count). The lowest BCUT2D eigenvalue weighted by molar-refractivity contribution is 0.0702. The second-order valence-electron chi connectivity index (χ2n) is 5.60. The SMILES string of the molecule is Cc1nc(-c2ccccn2)sc1C(=O)N1CCN(S(C)(=O)=O)CC1. The zero-order chi connectivity index (χ0) is 17.3. The molecule has 0 bridgehead atoms. The Hall–Kier alpha value is -1.84. The molecule has 0 aliphatic carbocycles. The van der Waals surface area contributed by atoms with Crippen LogP contribution in [0.2, 0.25) is 0 Å². The van der Waals surface area contributed by atoms with E-state index in [4.69, 9.17) is 0 Å². The third-order valence-electron chi connectivity index (χ3n) is 3.87. The molecule has 3 heterocycles. The molecule has 2 aromatic heterocycles. The van der Waals surface area contributed by atoms with Crippen LogP contribution >= 0.6 is 11.3 Å². The first-order chi connectivity index (χ1) is 11.4. The highest BCUT2D eigenvalue weighted by Crippen LogP contribution is 2.27. The average Bonchev–Trinajstić information content (AvgIpc) is 2.96. The number of carbonyl (C=O) groups is 1. The number of sulfonamides is 1. The normalized spacial score (nSPS) is 16.3. The molecule has 0 spiro atoms. The summed E-state index contributed by atoms with van der Waals surface area (Å²) in [7, 11) is -3.20. The molecule has 9 heteroatoms. The minimum Gasteiger partial charge on any atom is -0.335 e. The Kier molecular flexibility index (Phi) is 4.66. The van der Waals surface area contributed by atoms with Gasteiger partial charge < -0.3 is 4.90 Å². The molecule has 7 nitrogen and oxygen atoms in total. The number of hydrogen-bond donors (Lipinski definition) is 0. The van der Waals surface area contributed by atoms with Crippen molar-refractivity contribution in [2.24, 2.45) is 0 Å². The zero-order valence-corrected chi connectivity index (χ0v) is 15.1. The molecular weight excluding hydrogens is 348 g/mol. The fourth-order valence-electron chi connectivity index (χ4n) is 2.56. The highest BCUT2D eigenvalue weighted by atomic mass is 32.2. The van der Waals surface area contributed by atoms with E-state index >= 15 is 0 Å². The number of nitrogens with zero attached hydrogens (tertiary/aromatic N) is 4. The van der Waals surface area contributed by atoms with E-state index in [2.05, 4.69) is 9.97 Å². The standard InChI is InChI=1S/C15H18N4O3S2/c1-11-13(23-14(17-11)12-5-3-4-6-16-12)15(20)18-7-9-19(10-8-18)24(2,21)22/h3-6H,7-10H2,1-2H3. The summed E-state index contributed by atoms with van der Waals surface area (Å²) in [4.78, 5) is 23.7. The summed E-state index contributed by atoms with van der Waals surface area (Å²) in [5.41, 5.74) is 1.42. The second-order valence-corrected chi connectivity index (χ2v) is 8.58. The first-order valence-corrected chi connectivity index (χ1v) is 10.2. The summed E-state index contributed by atoms with van der Waals surface area (Å²) >= 11 is 1.32. The van der Waals surface area contributed by atoms with Crippen molar-refractivity contribution >= 4 is 27.3 Å². The first kappa shape index (κ1) is 17.0. The Morgan fingerprint density at radius 1 is 1.21 bits per heavy atom. The quantitative estimate of drug-likeness (QED) is 0.816. The van der Waals surface area contributed by atoms with Crippen molar-refractivity contribution in [1.82, 2.24) is 19.2 Å². The number of rotatable bonds is 3. The lowest BCUT2D eigenvalue weighted by atomic mass is 10.3. The molecule has 1 fully saturated rings. The van der Waals surface area contributed by atoms with Crippen molar-refractivity contribution in [3.05, 3.63) is 35.0 Å². The number of hydrogen-bond acceptors (Lipinski definition) is 6. The molecule has 128 valence electrons. The van der Waals surface area contributed by atoms with Crippen LogP contribution in [0.3, 0.4) is 0 Å². The largest absolute Gasteiger partial charge is 0.335 e. The molecule has 0 N–H and O–H groups in total. The molecule has 0 atom stereocenters. The lowest BCUT2D eigenvalue weighted by Gasteiger charge is -2.33. The van der Waals surface area contributed by atoms with Gasteiger partial charge in [0.1, 0.15) is 9.88 Å². The van der Waals surface area contributed by atoms with Gasteiger partial charge in [-0.15, -0.1) is 11.3 Å². The van der Waals surface area contributed by atoms with Crippen molar-refractivity contribution in [3.8, 4) is 10.7 Å². The van der Waals surface area contributed by atoms with E-state index in [0.29, 0.717) is 41.8 Å². The summed E-state index contributed by atoms with van der Waals surface area (Å²) in [5, 5.41) is 0.714. The number of piperazine rings is 1. The van der Waals surface area contributed by atoms with E-state index in [1.807, 2.05) is 25.1 Å². The molecule has 1 aliphatic heterocycles. The average molecular weight is 366 g/mol. The van der Waals surface area contributed by atoms with Crippen molar-refractivity contribution in [2.75, 3.05) is 32.4 Å². The molecule has 0 unspecified atom stereocenters. The Morgan fingerprint density at radius 3 is 2.50 bits per heavy atom. The number of pyridine rings is 1. The minimum atomic E-state index is -3.20. The van der Waals surface area contributed by atoms with Crippen LogP contribution in [0.4, 0.5) is 0 Å². The summed E-state index contributed by atoms with van der Waals surface area (Å²) < 4.78 is 24.5. The maximum atomic E-state index is 12.7. The predicted molar refractivity (Wildman–Crippen MR) is 92.4 cm³/mol. The topological polar surface area (TPSA) is 83.5 Å². The molecular formula is C15H18N4O3S2. The fraction of sp³-hybridized carbons (Fsp3) is 0.400. The van der Waals surface area contributed by atoms with E-state index in [1.54, 1.807) is 11.1 Å². The molecule has 2 aromatic rings. The van der Waals surface area contributed by atoms with Crippen molar-refractivity contribution < 1.29 is 13.2 Å². The molecule has 1 aliphatic rings. The maximum Gasteiger partial charge on any atom is 0.265 e. The fourth-order valence-corrected chi connectivity index (χ4v) is 4.40. The minimum absolute atomic E-state index is 0.0969. The van der Waals surface area contributed by atoms with Gasteiger partial charge in [0.05, 0.1) is 17.6 Å². The summed E-state index contributed by atoms with van der Waals surface area (Å²) in [6.45, 7) is 3.25. The van der Waals surface area contributed by atoms with Gasteiger partial charge in [0, 0.05) is 32.4 Å². The highest BCUT2D eigenvalue weighted by Gasteiger charge is 2.28. The molecule has 24 heavy (non-hydrogen) atoms. The maximum absolute atomic E-state index is 12.7. The van der Waals surface area contributed by atoms with Crippen molar-refractivity contribution in [3.63, 3.8) is 0 Å². The predicted octanol–water partition coefficient (Wildman–Crippen LogP) is 1.23. The summed E-state index contributed by atoms with van der Waals surface area (Å²) in [5.74, 6) is -0.0969. The first-order valence-electron chi connectivity index (χ1n) is 7.49. The van der Waals surface area contributed by atoms with E-state index < -0.39 is 10.0 Å². The van der Waals surface area contributed by atoms with E-state index in [-0.39, 0.29) is 5.91 Å². The molecule has 1 saturated heterocycles. The van der Waals surface area contributed by atoms with Crippen LogP contribution in [0.15, 0.2) is 24.4 Å². The number of aromatic nitrogens is 2. The van der Waals surface area contributed by atoms with Gasteiger partial charge in [-0.2, -0.15) is 4.31 Å². The Labute approximate surface area is 145 Å². The van der Waals surface area contributed by atoms with Crippen LogP contribution in [-0.4, -0.2) is 65.9 Å². The number of aryl methyl sites for hydroxylation is 1. The van der Waals surface area contributed by atoms with Gasteiger partial charge in [-0.1, -0.05) is 6.07 Å². The van der Waals surface area contributed by atoms with Crippen LogP contribution in [-0.2, 0) is 10.0 Å². The van der Waals surface area contributed by atoms with Gasteiger partial charge in [-0.05, 0) is 19.1 Å². The molecule has 0 saturated carbocycles. The Morgan fingerprint density at radius 2 is 1.92 bits per heavy atom. The van der Waals surface area contributed by atoms with E-state index in [1.165, 1.54) is 21.9 Å². The van der Waals surface area contributed by atoms with Gasteiger partial charge in [-0.25, -0.2) is 13.4 Å². The van der Waals surface area contributed by atoms with Crippen LogP contribution in [0.5, 0.6) is 0 Å². The van der Waals surface area contributed by atoms with Crippen LogP contribution in [0.25, 0.3) is 10.7 Å². The van der Waals surface area contributed by atoms with Gasteiger partial charge >= 0.3 is 0 Å². The second kappa shape index (κ2) is 6.58. The number of carbonyl (C=O) groups excluding carboxylic acids is 1. The monoisotopic (exact) mass is 366 g/mol. The van der Waals surface area contributed by atoms with Crippen LogP contribution in [0.1, 0.15) is 15.4 Å². The van der Waals surface area contributed by atoms with Gasteiger partial charge in [0.25, 0.3) is 5.91 Å².